The van der Waals surface area contributed by atoms with Crippen LogP contribution in [0.25, 0.3) is 0 Å². The molecule has 2 atom stereocenters. The van der Waals surface area contributed by atoms with E-state index in [0.717, 1.165) is 16.2 Å². The van der Waals surface area contributed by atoms with Crippen molar-refractivity contribution in [3.8, 4) is 0 Å². The second kappa shape index (κ2) is 10.2. The third-order valence-corrected chi connectivity index (χ3v) is 8.47. The lowest BCUT2D eigenvalue weighted by atomic mass is 10.0. The van der Waals surface area contributed by atoms with Crippen molar-refractivity contribution in [2.24, 2.45) is 12.2 Å². The maximum Gasteiger partial charge on any atom is 0.392 e. The van der Waals surface area contributed by atoms with Crippen LogP contribution in [0.4, 0.5) is 16.9 Å². The fourth-order valence-electron chi connectivity index (χ4n) is 3.56. The zero-order valence-electron chi connectivity index (χ0n) is 19.0. The highest BCUT2D eigenvalue weighted by atomic mass is 32.2. The van der Waals surface area contributed by atoms with Crippen LogP contribution >= 0.6 is 34.9 Å². The molecule has 2 aromatic rings. The number of anilines is 3. The molecule has 0 radical (unpaired) electrons. The molecule has 1 fully saturated rings. The Bertz CT molecular complexity index is 1310. The van der Waals surface area contributed by atoms with Crippen LogP contribution in [-0.2, 0) is 26.3 Å². The maximum atomic E-state index is 12.9. The Morgan fingerprint density at radius 2 is 2.14 bits per heavy atom. The van der Waals surface area contributed by atoms with Gasteiger partial charge < -0.3 is 31.5 Å². The number of carboxylic acid groups (broad SMARTS) is 1. The highest BCUT2D eigenvalue weighted by Crippen LogP contribution is 2.41. The van der Waals surface area contributed by atoms with E-state index >= 15 is 0 Å². The molecular weight excluding hydrogens is 530 g/mol. The van der Waals surface area contributed by atoms with Crippen molar-refractivity contribution in [2.45, 2.75) is 16.4 Å². The summed E-state index contributed by atoms with van der Waals surface area (Å²) in [5.74, 6) is -1.78. The number of carboxylic acids is 1. The summed E-state index contributed by atoms with van der Waals surface area (Å²) in [5, 5.41) is 20.1. The second-order valence-electron chi connectivity index (χ2n) is 7.52. The number of carbonyl (C=O) groups excluding carboxylic acids is 3. The summed E-state index contributed by atoms with van der Waals surface area (Å²) < 4.78 is 1.62. The Hall–Kier alpha value is -3.57. The largest absolute Gasteiger partial charge is 0.543 e. The van der Waals surface area contributed by atoms with Crippen LogP contribution < -0.4 is 32.2 Å². The highest BCUT2D eigenvalue weighted by molar-refractivity contribution is 8.01. The summed E-state index contributed by atoms with van der Waals surface area (Å²) in [4.78, 5) is 51.7. The Kier molecular flexibility index (Phi) is 7.23. The number of nitrogen functional groups attached to an aromatic ring is 3. The minimum absolute atomic E-state index is 0.158. The molecule has 190 valence electrons. The van der Waals surface area contributed by atoms with Gasteiger partial charge in [-0.05, 0) is 5.57 Å². The number of amides is 2. The predicted octanol–water partition coefficient (Wildman–Crippen LogP) is -2.34. The van der Waals surface area contributed by atoms with E-state index in [4.69, 9.17) is 22.0 Å². The molecule has 14 nitrogen and oxygen atoms in total. The summed E-state index contributed by atoms with van der Waals surface area (Å²) >= 11 is 3.73. The van der Waals surface area contributed by atoms with Crippen LogP contribution in [-0.4, -0.2) is 68.4 Å². The van der Waals surface area contributed by atoms with Crippen LogP contribution in [0.3, 0.4) is 0 Å². The number of oxime groups is 1. The van der Waals surface area contributed by atoms with Gasteiger partial charge in [0.15, 0.2) is 10.8 Å². The molecule has 0 spiro atoms. The van der Waals surface area contributed by atoms with Crippen molar-refractivity contribution in [3.05, 3.63) is 28.4 Å². The number of nitrogens with zero attached hydrogens (tertiary/aromatic N) is 5. The van der Waals surface area contributed by atoms with Crippen LogP contribution in [0.1, 0.15) is 5.69 Å². The van der Waals surface area contributed by atoms with Gasteiger partial charge in [0.05, 0.1) is 18.7 Å². The van der Waals surface area contributed by atoms with Gasteiger partial charge in [0.2, 0.25) is 5.82 Å². The topological polar surface area (TPSA) is 219 Å². The monoisotopic (exact) mass is 551 g/mol. The van der Waals surface area contributed by atoms with E-state index in [1.165, 1.54) is 36.0 Å². The van der Waals surface area contributed by atoms with Crippen molar-refractivity contribution in [3.63, 3.8) is 0 Å². The number of carbonyl (C=O) groups is 3. The van der Waals surface area contributed by atoms with E-state index in [2.05, 4.69) is 20.4 Å². The fourth-order valence-corrected chi connectivity index (χ4v) is 6.64. The number of β-lactam (4-membered cyclic amide) rings is 1. The van der Waals surface area contributed by atoms with Gasteiger partial charge in [-0.3, -0.25) is 20.2 Å². The van der Waals surface area contributed by atoms with Gasteiger partial charge in [0.1, 0.15) is 29.2 Å². The molecule has 2 aromatic heterocycles. The van der Waals surface area contributed by atoms with Gasteiger partial charge in [0.25, 0.3) is 11.8 Å². The molecule has 7 N–H and O–H groups in total. The van der Waals surface area contributed by atoms with Gasteiger partial charge in [0, 0.05) is 23.0 Å². The first kappa shape index (κ1) is 25.5. The Labute approximate surface area is 216 Å². The van der Waals surface area contributed by atoms with Crippen molar-refractivity contribution in [1.82, 2.24) is 20.2 Å². The Morgan fingerprint density at radius 1 is 1.39 bits per heavy atom. The maximum absolute atomic E-state index is 12.9. The van der Waals surface area contributed by atoms with Crippen LogP contribution in [0.15, 0.2) is 32.9 Å². The van der Waals surface area contributed by atoms with Crippen LogP contribution in [0.2, 0.25) is 0 Å². The minimum atomic E-state index is -1.48. The molecule has 0 saturated carbocycles. The number of thioether (sulfide) groups is 2. The number of hydrogen-bond donors (Lipinski definition) is 4. The SMILES string of the molecule is CO/N=C(\C(=O)N[C@@H]1C(=O)N2C(C(=O)[O-])=C(CSc3cc(N)nc(N)[n+]3C)CS[C@H]12)c1csc(N)n1. The molecule has 1 saturated heterocycles. The normalized spacial score (nSPS) is 19.6. The van der Waals surface area contributed by atoms with E-state index in [1.807, 2.05) is 0 Å². The molecule has 0 aromatic carbocycles. The summed E-state index contributed by atoms with van der Waals surface area (Å²) in [7, 11) is 2.97. The molecule has 0 aliphatic carbocycles. The summed E-state index contributed by atoms with van der Waals surface area (Å²) in [6.45, 7) is 0. The summed E-state index contributed by atoms with van der Waals surface area (Å²) in [6, 6.07) is 0.649. The summed E-state index contributed by atoms with van der Waals surface area (Å²) in [5.41, 5.74) is 17.5. The van der Waals surface area contributed by atoms with Crippen LogP contribution in [0, 0.1) is 0 Å². The van der Waals surface area contributed by atoms with Gasteiger partial charge in [-0.1, -0.05) is 21.9 Å². The number of nitrogens with two attached hydrogens (primary N) is 3. The average molecular weight is 552 g/mol. The summed E-state index contributed by atoms with van der Waals surface area (Å²) in [6.07, 6.45) is 0. The lowest BCUT2D eigenvalue weighted by molar-refractivity contribution is -0.696. The molecule has 2 aliphatic rings. The molecule has 17 heteroatoms. The molecule has 2 aliphatic heterocycles. The minimum Gasteiger partial charge on any atom is -0.543 e. The van der Waals surface area contributed by atoms with E-state index in [9.17, 15) is 19.5 Å². The van der Waals surface area contributed by atoms with Crippen molar-refractivity contribution < 1.29 is 28.9 Å². The van der Waals surface area contributed by atoms with Gasteiger partial charge in [-0.2, -0.15) is 0 Å². The quantitative estimate of drug-likeness (QED) is 0.0677. The predicted molar refractivity (Wildman–Crippen MR) is 132 cm³/mol. The first-order chi connectivity index (χ1) is 17.1. The van der Waals surface area contributed by atoms with Crippen molar-refractivity contribution >= 4 is 75.3 Å². The lowest BCUT2D eigenvalue weighted by Gasteiger charge is -2.50. The molecule has 0 bridgehead atoms. The molecule has 36 heavy (non-hydrogen) atoms. The number of hydrogen-bond acceptors (Lipinski definition) is 14. The van der Waals surface area contributed by atoms with Gasteiger partial charge in [-0.15, -0.1) is 23.1 Å². The number of aromatic nitrogens is 3. The molecule has 4 heterocycles. The van der Waals surface area contributed by atoms with E-state index in [-0.39, 0.29) is 39.8 Å². The molecule has 2 amide bonds. The lowest BCUT2D eigenvalue weighted by Crippen LogP contribution is -2.71. The second-order valence-corrected chi connectivity index (χ2v) is 10.5. The zero-order valence-corrected chi connectivity index (χ0v) is 21.4. The molecule has 0 unspecified atom stereocenters. The first-order valence-electron chi connectivity index (χ1n) is 10.2. The van der Waals surface area contributed by atoms with E-state index in [1.54, 1.807) is 17.7 Å². The van der Waals surface area contributed by atoms with E-state index < -0.39 is 29.2 Å². The standard InChI is InChI=1S/C19H21N9O5S3/c1-27-10(3-9(20)24-18(27)21)34-4-7-5-35-16-12(15(30)28(16)13(7)17(31)32)25-14(29)11(26-33-2)8-6-36-19(22)23-8/h3,6,12,16H,4-5H2,1-2H3,(H7,20,21,22,23,24,25,29,31,32)/b26-11-/t12-,16-/m1/s1. The third kappa shape index (κ3) is 4.76. The molecule has 4 rings (SSSR count). The number of thiazole rings is 1. The van der Waals surface area contributed by atoms with Crippen LogP contribution in [0.5, 0.6) is 0 Å². The highest BCUT2D eigenvalue weighted by Gasteiger charge is 2.53. The van der Waals surface area contributed by atoms with Crippen molar-refractivity contribution in [1.29, 1.82) is 0 Å². The number of aliphatic carboxylic acids is 1. The third-order valence-electron chi connectivity index (χ3n) is 5.27. The van der Waals surface area contributed by atoms with E-state index in [0.29, 0.717) is 16.4 Å². The Morgan fingerprint density at radius 3 is 2.78 bits per heavy atom. The average Bonchev–Trinajstić information content (AvgIpc) is 3.26. The van der Waals surface area contributed by atoms with Crippen molar-refractivity contribution in [2.75, 3.05) is 35.8 Å². The number of nitrogens with one attached hydrogen (secondary N) is 1. The molecular formula is C19H21N9O5S3. The van der Waals surface area contributed by atoms with Gasteiger partial charge in [-0.25, -0.2) is 9.55 Å². The Balaban J connectivity index is 1.51. The number of fused-ring (bicyclic) bond motifs is 1. The number of rotatable bonds is 8. The first-order valence-corrected chi connectivity index (χ1v) is 13.1. The smallest absolute Gasteiger partial charge is 0.392 e. The fraction of sp³-hybridized carbons (Fsp3) is 0.316. The zero-order chi connectivity index (χ0) is 26.1. The van der Waals surface area contributed by atoms with Gasteiger partial charge >= 0.3 is 5.95 Å².